The summed E-state index contributed by atoms with van der Waals surface area (Å²) in [4.78, 5) is 1.10. The molecule has 0 fully saturated rings. The van der Waals surface area contributed by atoms with Gasteiger partial charge in [-0.15, -0.1) is 11.8 Å². The summed E-state index contributed by atoms with van der Waals surface area (Å²) in [7, 11) is 0. The zero-order valence-electron chi connectivity index (χ0n) is 10.1. The van der Waals surface area contributed by atoms with E-state index in [1.165, 1.54) is 0 Å². The van der Waals surface area contributed by atoms with Crippen LogP contribution in [0.15, 0.2) is 41.4 Å². The number of benzene rings is 1. The second-order valence-electron chi connectivity index (χ2n) is 3.85. The quantitative estimate of drug-likeness (QED) is 0.855. The Bertz CT molecular complexity index is 498. The van der Waals surface area contributed by atoms with Gasteiger partial charge in [0.2, 0.25) is 0 Å². The summed E-state index contributed by atoms with van der Waals surface area (Å²) < 4.78 is 1.81. The van der Waals surface area contributed by atoms with E-state index >= 15 is 0 Å². The first kappa shape index (κ1) is 13.5. The minimum absolute atomic E-state index is 0.506. The number of aryl methyl sites for hydroxylation is 1. The van der Waals surface area contributed by atoms with E-state index in [9.17, 15) is 5.11 Å². The number of aliphatic hydroxyl groups is 1. The molecule has 2 rings (SSSR count). The van der Waals surface area contributed by atoms with E-state index in [4.69, 9.17) is 11.6 Å². The lowest BCUT2D eigenvalue weighted by molar-refractivity contribution is 0.192. The van der Waals surface area contributed by atoms with Crippen LogP contribution in [0.1, 0.15) is 18.7 Å². The Balaban J connectivity index is 1.96. The topological polar surface area (TPSA) is 38.0 Å². The number of nitrogens with zero attached hydrogens (tertiary/aromatic N) is 2. The maximum atomic E-state index is 10.1. The van der Waals surface area contributed by atoms with Crippen molar-refractivity contribution in [3.05, 3.63) is 47.2 Å². The van der Waals surface area contributed by atoms with Crippen molar-refractivity contribution in [2.45, 2.75) is 24.5 Å². The molecule has 5 heteroatoms. The molecule has 1 aromatic carbocycles. The van der Waals surface area contributed by atoms with Gasteiger partial charge in [-0.1, -0.05) is 11.6 Å². The fraction of sp³-hybridized carbons (Fsp3) is 0.308. The molecule has 1 aromatic heterocycles. The average Bonchev–Trinajstić information content (AvgIpc) is 2.86. The first-order valence-corrected chi connectivity index (χ1v) is 7.15. The summed E-state index contributed by atoms with van der Waals surface area (Å²) >= 11 is 7.43. The van der Waals surface area contributed by atoms with Crippen LogP contribution in [0.3, 0.4) is 0 Å². The van der Waals surface area contributed by atoms with Gasteiger partial charge in [0.1, 0.15) is 6.10 Å². The van der Waals surface area contributed by atoms with Crippen molar-refractivity contribution >= 4 is 23.4 Å². The fourth-order valence-electron chi connectivity index (χ4n) is 1.68. The SMILES string of the molecule is CCn1nccc1C(O)CSc1ccc(Cl)cc1. The molecule has 0 spiro atoms. The van der Waals surface area contributed by atoms with Gasteiger partial charge in [0.15, 0.2) is 0 Å². The molecule has 2 aromatic rings. The van der Waals surface area contributed by atoms with Crippen molar-refractivity contribution in [1.29, 1.82) is 0 Å². The molecule has 3 nitrogen and oxygen atoms in total. The minimum Gasteiger partial charge on any atom is -0.386 e. The number of aliphatic hydroxyl groups excluding tert-OH is 1. The monoisotopic (exact) mass is 282 g/mol. The molecule has 0 aliphatic heterocycles. The normalized spacial score (nSPS) is 12.6. The van der Waals surface area contributed by atoms with Gasteiger partial charge in [0.25, 0.3) is 0 Å². The molecule has 1 heterocycles. The predicted molar refractivity (Wildman–Crippen MR) is 75.0 cm³/mol. The molecule has 1 N–H and O–H groups in total. The molecule has 0 radical (unpaired) electrons. The molecule has 1 unspecified atom stereocenters. The number of halogens is 1. The van der Waals surface area contributed by atoms with E-state index < -0.39 is 6.10 Å². The van der Waals surface area contributed by atoms with Gasteiger partial charge in [-0.25, -0.2) is 0 Å². The number of hydrogen-bond acceptors (Lipinski definition) is 3. The Kier molecular flexibility index (Phi) is 4.69. The molecule has 0 saturated carbocycles. The molecule has 96 valence electrons. The van der Waals surface area contributed by atoms with Crippen LogP contribution in [0.4, 0.5) is 0 Å². The Morgan fingerprint density at radius 2 is 2.06 bits per heavy atom. The third kappa shape index (κ3) is 3.28. The highest BCUT2D eigenvalue weighted by Crippen LogP contribution is 2.25. The van der Waals surface area contributed by atoms with Crippen molar-refractivity contribution in [1.82, 2.24) is 9.78 Å². The smallest absolute Gasteiger partial charge is 0.105 e. The highest BCUT2D eigenvalue weighted by atomic mass is 35.5. The Morgan fingerprint density at radius 1 is 1.33 bits per heavy atom. The summed E-state index contributed by atoms with van der Waals surface area (Å²) in [6, 6.07) is 9.48. The van der Waals surface area contributed by atoms with E-state index in [0.717, 1.165) is 22.2 Å². The van der Waals surface area contributed by atoms with E-state index in [2.05, 4.69) is 5.10 Å². The van der Waals surface area contributed by atoms with Crippen LogP contribution >= 0.6 is 23.4 Å². The summed E-state index contributed by atoms with van der Waals surface area (Å²) in [5.41, 5.74) is 0.860. The molecule has 0 amide bonds. The highest BCUT2D eigenvalue weighted by Gasteiger charge is 2.12. The van der Waals surface area contributed by atoms with Crippen LogP contribution in [-0.4, -0.2) is 20.6 Å². The van der Waals surface area contributed by atoms with Crippen molar-refractivity contribution in [3.63, 3.8) is 0 Å². The molecule has 0 saturated heterocycles. The predicted octanol–water partition coefficient (Wildman–Crippen LogP) is 3.38. The lowest BCUT2D eigenvalue weighted by atomic mass is 10.3. The molecule has 0 bridgehead atoms. The molecular formula is C13H15ClN2OS. The van der Waals surface area contributed by atoms with Crippen molar-refractivity contribution in [2.75, 3.05) is 5.75 Å². The second-order valence-corrected chi connectivity index (χ2v) is 5.38. The van der Waals surface area contributed by atoms with Gasteiger partial charge in [-0.2, -0.15) is 5.10 Å². The molecule has 0 aliphatic carbocycles. The zero-order chi connectivity index (χ0) is 13.0. The van der Waals surface area contributed by atoms with Gasteiger partial charge < -0.3 is 5.11 Å². The van der Waals surface area contributed by atoms with Crippen LogP contribution in [-0.2, 0) is 6.54 Å². The largest absolute Gasteiger partial charge is 0.386 e. The lowest BCUT2D eigenvalue weighted by Crippen LogP contribution is -2.09. The first-order valence-electron chi connectivity index (χ1n) is 5.79. The Labute approximate surface area is 116 Å². The number of hydrogen-bond donors (Lipinski definition) is 1. The fourth-order valence-corrected chi connectivity index (χ4v) is 2.66. The van der Waals surface area contributed by atoms with Gasteiger partial charge in [-0.3, -0.25) is 4.68 Å². The first-order chi connectivity index (χ1) is 8.70. The third-order valence-electron chi connectivity index (χ3n) is 2.61. The second kappa shape index (κ2) is 6.27. The molecule has 18 heavy (non-hydrogen) atoms. The van der Waals surface area contributed by atoms with Gasteiger partial charge >= 0.3 is 0 Å². The number of thioether (sulfide) groups is 1. The van der Waals surface area contributed by atoms with Gasteiger partial charge in [0.05, 0.1) is 5.69 Å². The third-order valence-corrected chi connectivity index (χ3v) is 3.95. The number of rotatable bonds is 5. The maximum Gasteiger partial charge on any atom is 0.105 e. The Hall–Kier alpha value is -0.970. The minimum atomic E-state index is -0.506. The van der Waals surface area contributed by atoms with Crippen molar-refractivity contribution < 1.29 is 5.11 Å². The van der Waals surface area contributed by atoms with Gasteiger partial charge in [0, 0.05) is 28.4 Å². The molecule has 1 atom stereocenters. The van der Waals surface area contributed by atoms with E-state index in [1.807, 2.05) is 41.9 Å². The molecule has 0 aliphatic rings. The van der Waals surface area contributed by atoms with Crippen LogP contribution in [0.2, 0.25) is 5.02 Å². The van der Waals surface area contributed by atoms with Crippen molar-refractivity contribution in [2.24, 2.45) is 0 Å². The highest BCUT2D eigenvalue weighted by molar-refractivity contribution is 7.99. The van der Waals surface area contributed by atoms with Crippen LogP contribution in [0.25, 0.3) is 0 Å². The zero-order valence-corrected chi connectivity index (χ0v) is 11.7. The van der Waals surface area contributed by atoms with Gasteiger partial charge in [-0.05, 0) is 37.3 Å². The summed E-state index contributed by atoms with van der Waals surface area (Å²) in [6.45, 7) is 2.78. The lowest BCUT2D eigenvalue weighted by Gasteiger charge is -2.12. The summed E-state index contributed by atoms with van der Waals surface area (Å²) in [5, 5.41) is 15.0. The van der Waals surface area contributed by atoms with E-state index in [0.29, 0.717) is 5.75 Å². The maximum absolute atomic E-state index is 10.1. The Morgan fingerprint density at radius 3 is 2.72 bits per heavy atom. The van der Waals surface area contributed by atoms with Crippen LogP contribution in [0, 0.1) is 0 Å². The van der Waals surface area contributed by atoms with Crippen molar-refractivity contribution in [3.8, 4) is 0 Å². The summed E-state index contributed by atoms with van der Waals surface area (Å²) in [5.74, 6) is 0.604. The summed E-state index contributed by atoms with van der Waals surface area (Å²) in [6.07, 6.45) is 1.21. The van der Waals surface area contributed by atoms with E-state index in [1.54, 1.807) is 18.0 Å². The standard InChI is InChI=1S/C13H15ClN2OS/c1-2-16-12(7-8-15-16)13(17)9-18-11-5-3-10(14)4-6-11/h3-8,13,17H,2,9H2,1H3. The van der Waals surface area contributed by atoms with E-state index in [-0.39, 0.29) is 0 Å². The van der Waals surface area contributed by atoms with Crippen LogP contribution < -0.4 is 0 Å². The van der Waals surface area contributed by atoms with Crippen LogP contribution in [0.5, 0.6) is 0 Å². The number of aromatic nitrogens is 2. The average molecular weight is 283 g/mol. The molecular weight excluding hydrogens is 268 g/mol.